The van der Waals surface area contributed by atoms with Gasteiger partial charge in [-0.2, -0.15) is 0 Å². The van der Waals surface area contributed by atoms with E-state index in [9.17, 15) is 22.8 Å². The van der Waals surface area contributed by atoms with Crippen LogP contribution in [0.5, 0.6) is 11.5 Å². The number of aryl methyl sites for hydroxylation is 1. The third-order valence-corrected chi connectivity index (χ3v) is 10.2. The molecule has 0 aliphatic carbocycles. The first-order chi connectivity index (χ1) is 21.8. The Morgan fingerprint density at radius 3 is 2.28 bits per heavy atom. The van der Waals surface area contributed by atoms with Gasteiger partial charge in [0.2, 0.25) is 11.8 Å². The number of primary amides is 1. The highest BCUT2D eigenvalue weighted by atomic mass is 32.2. The first-order valence-corrected chi connectivity index (χ1v) is 16.3. The molecule has 0 aromatic heterocycles. The van der Waals surface area contributed by atoms with E-state index in [-0.39, 0.29) is 16.4 Å². The largest absolute Gasteiger partial charge is 0.493 e. The van der Waals surface area contributed by atoms with Crippen LogP contribution in [0.1, 0.15) is 65.8 Å². The molecular formula is C33H40N4O8S. The first-order valence-electron chi connectivity index (χ1n) is 14.7. The minimum absolute atomic E-state index is 0.0861. The zero-order valence-corrected chi connectivity index (χ0v) is 27.6. The van der Waals surface area contributed by atoms with Crippen molar-refractivity contribution in [3.05, 3.63) is 76.9 Å². The Hall–Kier alpha value is -4.78. The molecule has 0 spiro atoms. The standard InChI is InChI=1S/C33H40N4O8S/c1-19(2)46(41,42)29-12-10-23(36-33(40)45-6)18-25(29)26-8-7-13-37(26)32(39)30(21-9-11-27(43-4)28(17-21)44-5)35-24-15-20(3)14-22(16-24)31(34)38/h9-12,14-19,26,30,35H,7-8,13H2,1-6H3,(H2,34,38)(H,36,40). The predicted octanol–water partition coefficient (Wildman–Crippen LogP) is 4.99. The summed E-state index contributed by atoms with van der Waals surface area (Å²) >= 11 is 0. The Balaban J connectivity index is 1.84. The van der Waals surface area contributed by atoms with Crippen molar-refractivity contribution >= 4 is 39.1 Å². The first kappa shape index (κ1) is 34.1. The number of methoxy groups -OCH3 is 3. The minimum Gasteiger partial charge on any atom is -0.493 e. The predicted molar refractivity (Wildman–Crippen MR) is 174 cm³/mol. The highest BCUT2D eigenvalue weighted by molar-refractivity contribution is 7.92. The molecule has 4 N–H and O–H groups in total. The van der Waals surface area contributed by atoms with Crippen molar-refractivity contribution in [2.45, 2.75) is 55.8 Å². The van der Waals surface area contributed by atoms with Gasteiger partial charge in [0, 0.05) is 23.5 Å². The summed E-state index contributed by atoms with van der Waals surface area (Å²) in [6.45, 7) is 5.35. The molecule has 3 amide bonds. The lowest BCUT2D eigenvalue weighted by Gasteiger charge is -2.32. The van der Waals surface area contributed by atoms with Crippen LogP contribution >= 0.6 is 0 Å². The average molecular weight is 653 g/mol. The molecule has 12 nitrogen and oxygen atoms in total. The van der Waals surface area contributed by atoms with Crippen LogP contribution in [-0.2, 0) is 19.4 Å². The number of benzene rings is 3. The zero-order chi connectivity index (χ0) is 33.8. The molecule has 1 heterocycles. The summed E-state index contributed by atoms with van der Waals surface area (Å²) in [5.74, 6) is -0.0659. The fourth-order valence-corrected chi connectivity index (χ4v) is 6.87. The van der Waals surface area contributed by atoms with E-state index in [1.54, 1.807) is 61.2 Å². The molecule has 46 heavy (non-hydrogen) atoms. The number of nitrogens with two attached hydrogens (primary N) is 1. The third kappa shape index (κ3) is 7.20. The van der Waals surface area contributed by atoms with Crippen LogP contribution < -0.4 is 25.8 Å². The van der Waals surface area contributed by atoms with Crippen molar-refractivity contribution in [3.63, 3.8) is 0 Å². The van der Waals surface area contributed by atoms with Crippen LogP contribution in [0.2, 0.25) is 0 Å². The van der Waals surface area contributed by atoms with Crippen molar-refractivity contribution in [3.8, 4) is 11.5 Å². The number of ether oxygens (including phenoxy) is 3. The Morgan fingerprint density at radius 2 is 1.65 bits per heavy atom. The Bertz CT molecular complexity index is 1740. The summed E-state index contributed by atoms with van der Waals surface area (Å²) < 4.78 is 42.7. The minimum atomic E-state index is -3.77. The Kier molecular flexibility index (Phi) is 10.5. The van der Waals surface area contributed by atoms with Crippen LogP contribution in [0, 0.1) is 6.92 Å². The van der Waals surface area contributed by atoms with Crippen LogP contribution in [0.25, 0.3) is 0 Å². The second-order valence-electron chi connectivity index (χ2n) is 11.3. The maximum absolute atomic E-state index is 14.7. The van der Waals surface area contributed by atoms with Gasteiger partial charge in [-0.25, -0.2) is 13.2 Å². The number of hydrogen-bond acceptors (Lipinski definition) is 9. The number of amides is 3. The van der Waals surface area contributed by atoms with E-state index in [1.165, 1.54) is 33.5 Å². The van der Waals surface area contributed by atoms with Gasteiger partial charge in [-0.05, 0) is 98.8 Å². The fraction of sp³-hybridized carbons (Fsp3) is 0.364. The zero-order valence-electron chi connectivity index (χ0n) is 26.7. The number of sulfone groups is 1. The van der Waals surface area contributed by atoms with Gasteiger partial charge in [0.25, 0.3) is 0 Å². The smallest absolute Gasteiger partial charge is 0.411 e. The van der Waals surface area contributed by atoms with Crippen molar-refractivity contribution in [1.82, 2.24) is 4.90 Å². The number of carbonyl (C=O) groups is 3. The lowest BCUT2D eigenvalue weighted by atomic mass is 10.00. The molecule has 1 fully saturated rings. The monoisotopic (exact) mass is 652 g/mol. The van der Waals surface area contributed by atoms with Crippen LogP contribution in [0.4, 0.5) is 16.2 Å². The van der Waals surface area contributed by atoms with Gasteiger partial charge in [-0.15, -0.1) is 0 Å². The molecule has 1 aliphatic rings. The van der Waals surface area contributed by atoms with Gasteiger partial charge in [0.1, 0.15) is 6.04 Å². The van der Waals surface area contributed by atoms with Crippen molar-refractivity contribution in [1.29, 1.82) is 0 Å². The van der Waals surface area contributed by atoms with Gasteiger partial charge in [0.05, 0.1) is 37.5 Å². The molecule has 0 bridgehead atoms. The van der Waals surface area contributed by atoms with Gasteiger partial charge >= 0.3 is 6.09 Å². The second-order valence-corrected chi connectivity index (χ2v) is 13.8. The molecule has 4 rings (SSSR count). The number of hydrogen-bond donors (Lipinski definition) is 3. The maximum Gasteiger partial charge on any atom is 0.411 e. The molecule has 0 radical (unpaired) electrons. The lowest BCUT2D eigenvalue weighted by Crippen LogP contribution is -2.38. The molecule has 2 unspecified atom stereocenters. The summed E-state index contributed by atoms with van der Waals surface area (Å²) in [6.07, 6.45) is 0.389. The van der Waals surface area contributed by atoms with E-state index in [0.29, 0.717) is 53.4 Å². The Labute approximate surface area is 269 Å². The molecule has 2 atom stereocenters. The quantitative estimate of drug-likeness (QED) is 0.259. The second kappa shape index (κ2) is 14.1. The highest BCUT2D eigenvalue weighted by Crippen LogP contribution is 2.41. The van der Waals surface area contributed by atoms with Crippen molar-refractivity contribution in [2.24, 2.45) is 5.73 Å². The molecule has 3 aromatic rings. The number of carbonyl (C=O) groups excluding carboxylic acids is 3. The number of rotatable bonds is 11. The molecule has 0 saturated carbocycles. The van der Waals surface area contributed by atoms with Gasteiger partial charge in [0.15, 0.2) is 21.3 Å². The van der Waals surface area contributed by atoms with Crippen LogP contribution in [0.15, 0.2) is 59.5 Å². The summed E-state index contributed by atoms with van der Waals surface area (Å²) in [6, 6.07) is 13.1. The van der Waals surface area contributed by atoms with Gasteiger partial charge < -0.3 is 30.2 Å². The third-order valence-electron chi connectivity index (χ3n) is 7.92. The van der Waals surface area contributed by atoms with Gasteiger partial charge in [-0.3, -0.25) is 14.9 Å². The summed E-state index contributed by atoms with van der Waals surface area (Å²) in [4.78, 5) is 40.4. The molecule has 3 aromatic carbocycles. The number of likely N-dealkylation sites (tertiary alicyclic amines) is 1. The van der Waals surface area contributed by atoms with Crippen LogP contribution in [-0.4, -0.2) is 64.3 Å². The van der Waals surface area contributed by atoms with E-state index < -0.39 is 39.2 Å². The fourth-order valence-electron chi connectivity index (χ4n) is 5.58. The van der Waals surface area contributed by atoms with E-state index in [0.717, 1.165) is 5.56 Å². The number of nitrogens with zero attached hydrogens (tertiary/aromatic N) is 1. The van der Waals surface area contributed by atoms with Gasteiger partial charge in [-0.1, -0.05) is 6.07 Å². The number of anilines is 2. The maximum atomic E-state index is 14.7. The van der Waals surface area contributed by atoms with Crippen molar-refractivity contribution < 1.29 is 37.0 Å². The van der Waals surface area contributed by atoms with E-state index in [4.69, 9.17) is 19.9 Å². The van der Waals surface area contributed by atoms with E-state index >= 15 is 0 Å². The van der Waals surface area contributed by atoms with E-state index in [1.807, 2.05) is 6.92 Å². The lowest BCUT2D eigenvalue weighted by molar-refractivity contribution is -0.133. The number of nitrogens with one attached hydrogen (secondary N) is 2. The molecule has 1 saturated heterocycles. The topological polar surface area (TPSA) is 166 Å². The summed E-state index contributed by atoms with van der Waals surface area (Å²) in [7, 11) is 0.463. The van der Waals surface area contributed by atoms with Crippen molar-refractivity contribution in [2.75, 3.05) is 38.5 Å². The highest BCUT2D eigenvalue weighted by Gasteiger charge is 2.38. The average Bonchev–Trinajstić information content (AvgIpc) is 3.52. The molecule has 1 aliphatic heterocycles. The Morgan fingerprint density at radius 1 is 0.935 bits per heavy atom. The summed E-state index contributed by atoms with van der Waals surface area (Å²) in [5.41, 5.74) is 8.37. The molecule has 13 heteroatoms. The van der Waals surface area contributed by atoms with Crippen LogP contribution in [0.3, 0.4) is 0 Å². The summed E-state index contributed by atoms with van der Waals surface area (Å²) in [5, 5.41) is 5.16. The molecule has 246 valence electrons. The SMILES string of the molecule is COC(=O)Nc1ccc(S(=O)(=O)C(C)C)c(C2CCCN2C(=O)C(Nc2cc(C)cc(C(N)=O)c2)c2ccc(OC)c(OC)c2)c1. The van der Waals surface area contributed by atoms with E-state index in [2.05, 4.69) is 10.6 Å². The normalized spacial score (nSPS) is 15.3. The molecular weight excluding hydrogens is 612 g/mol.